The van der Waals surface area contributed by atoms with Gasteiger partial charge in [0, 0.05) is 31.4 Å². The second kappa shape index (κ2) is 7.46. The van der Waals surface area contributed by atoms with Crippen LogP contribution in [-0.2, 0) is 13.0 Å². The largest absolute Gasteiger partial charge is 0.370 e. The Bertz CT molecular complexity index is 856. The van der Waals surface area contributed by atoms with Crippen molar-refractivity contribution in [1.82, 2.24) is 19.6 Å². The lowest BCUT2D eigenvalue weighted by Crippen LogP contribution is -2.23. The summed E-state index contributed by atoms with van der Waals surface area (Å²) in [5.74, 6) is 1.16. The molecular weight excluding hydrogens is 319 g/mol. The molecule has 0 fully saturated rings. The molecule has 6 nitrogen and oxygen atoms in total. The van der Waals surface area contributed by atoms with E-state index in [2.05, 4.69) is 20.4 Å². The zero-order chi connectivity index (χ0) is 17.8. The third-order valence-electron chi connectivity index (χ3n) is 4.26. The Morgan fingerprint density at radius 2 is 1.96 bits per heavy atom. The van der Waals surface area contributed by atoms with Gasteiger partial charge in [-0.1, -0.05) is 13.0 Å². The number of halogens is 1. The molecule has 25 heavy (non-hydrogen) atoms. The van der Waals surface area contributed by atoms with Crippen molar-refractivity contribution in [2.75, 3.05) is 23.3 Å². The maximum atomic E-state index is 14.4. The van der Waals surface area contributed by atoms with E-state index < -0.39 is 0 Å². The van der Waals surface area contributed by atoms with E-state index >= 15 is 0 Å². The van der Waals surface area contributed by atoms with Crippen LogP contribution in [0.3, 0.4) is 0 Å². The van der Waals surface area contributed by atoms with E-state index in [1.807, 2.05) is 43.9 Å². The first-order valence-electron chi connectivity index (χ1n) is 8.63. The fourth-order valence-electron chi connectivity index (χ4n) is 2.84. The summed E-state index contributed by atoms with van der Waals surface area (Å²) in [5, 5.41) is 7.49. The van der Waals surface area contributed by atoms with Crippen LogP contribution in [0.25, 0.3) is 5.78 Å². The van der Waals surface area contributed by atoms with Crippen LogP contribution in [0.1, 0.15) is 32.0 Å². The van der Waals surface area contributed by atoms with Gasteiger partial charge in [-0.25, -0.2) is 9.37 Å². The lowest BCUT2D eigenvalue weighted by Gasteiger charge is -2.22. The summed E-state index contributed by atoms with van der Waals surface area (Å²) in [6, 6.07) is 7.32. The minimum atomic E-state index is -0.196. The lowest BCUT2D eigenvalue weighted by atomic mass is 10.1. The molecule has 0 saturated heterocycles. The molecule has 0 saturated carbocycles. The average molecular weight is 342 g/mol. The molecule has 1 aromatic carbocycles. The van der Waals surface area contributed by atoms with Gasteiger partial charge in [0.1, 0.15) is 18.0 Å². The van der Waals surface area contributed by atoms with Gasteiger partial charge in [0.2, 0.25) is 0 Å². The second-order valence-corrected chi connectivity index (χ2v) is 5.77. The molecule has 3 aromatic rings. The van der Waals surface area contributed by atoms with Crippen molar-refractivity contribution in [1.29, 1.82) is 0 Å². The van der Waals surface area contributed by atoms with Crippen molar-refractivity contribution >= 4 is 17.3 Å². The summed E-state index contributed by atoms with van der Waals surface area (Å²) < 4.78 is 16.1. The van der Waals surface area contributed by atoms with Crippen LogP contribution in [0, 0.1) is 5.82 Å². The molecule has 2 aromatic heterocycles. The van der Waals surface area contributed by atoms with Crippen molar-refractivity contribution in [2.45, 2.75) is 33.7 Å². The maximum absolute atomic E-state index is 14.4. The molecular formula is C18H23FN6. The molecule has 2 heterocycles. The number of nitrogens with one attached hydrogen (secondary N) is 1. The van der Waals surface area contributed by atoms with Crippen molar-refractivity contribution in [2.24, 2.45) is 0 Å². The molecule has 0 atom stereocenters. The number of nitrogens with zero attached hydrogens (tertiary/aromatic N) is 5. The minimum Gasteiger partial charge on any atom is -0.370 e. The highest BCUT2D eigenvalue weighted by Crippen LogP contribution is 2.21. The van der Waals surface area contributed by atoms with Gasteiger partial charge in [-0.3, -0.25) is 0 Å². The molecule has 0 unspecified atom stereocenters. The van der Waals surface area contributed by atoms with E-state index in [0.717, 1.165) is 36.6 Å². The van der Waals surface area contributed by atoms with E-state index in [9.17, 15) is 4.39 Å². The van der Waals surface area contributed by atoms with Gasteiger partial charge in [0.15, 0.2) is 0 Å². The summed E-state index contributed by atoms with van der Waals surface area (Å²) in [6.07, 6.45) is 2.29. The predicted octanol–water partition coefficient (Wildman–Crippen LogP) is 3.28. The van der Waals surface area contributed by atoms with Crippen molar-refractivity contribution < 1.29 is 4.39 Å². The quantitative estimate of drug-likeness (QED) is 0.714. The van der Waals surface area contributed by atoms with Gasteiger partial charge in [0.05, 0.1) is 5.69 Å². The predicted molar refractivity (Wildman–Crippen MR) is 97.4 cm³/mol. The Balaban J connectivity index is 1.80. The lowest BCUT2D eigenvalue weighted by molar-refractivity contribution is 0.618. The SMILES string of the molecule is CCc1cc(NCc2ccc(N(CC)CC)c(F)c2)n2ncnc2n1. The Labute approximate surface area is 146 Å². The Morgan fingerprint density at radius 3 is 2.64 bits per heavy atom. The first kappa shape index (κ1) is 17.1. The average Bonchev–Trinajstić information content (AvgIpc) is 3.10. The number of aryl methyl sites for hydroxylation is 1. The Kier molecular flexibility index (Phi) is 5.11. The first-order valence-corrected chi connectivity index (χ1v) is 8.63. The number of rotatable bonds is 7. The van der Waals surface area contributed by atoms with Gasteiger partial charge in [-0.2, -0.15) is 14.6 Å². The fraction of sp³-hybridized carbons (Fsp3) is 0.389. The van der Waals surface area contributed by atoms with Gasteiger partial charge < -0.3 is 10.2 Å². The van der Waals surface area contributed by atoms with Crippen LogP contribution < -0.4 is 10.2 Å². The third kappa shape index (κ3) is 3.55. The fourth-order valence-corrected chi connectivity index (χ4v) is 2.84. The van der Waals surface area contributed by atoms with Crippen LogP contribution in [0.5, 0.6) is 0 Å². The van der Waals surface area contributed by atoms with Gasteiger partial charge in [-0.15, -0.1) is 0 Å². The van der Waals surface area contributed by atoms with Crippen LogP contribution >= 0.6 is 0 Å². The Morgan fingerprint density at radius 1 is 1.16 bits per heavy atom. The second-order valence-electron chi connectivity index (χ2n) is 5.77. The standard InChI is InChI=1S/C18H23FN6/c1-4-14-10-17(25-18(23-14)21-12-22-25)20-11-13-7-8-16(15(19)9-13)24(5-2)6-3/h7-10,12,20H,4-6,11H2,1-3H3. The third-order valence-corrected chi connectivity index (χ3v) is 4.26. The normalized spacial score (nSPS) is 11.0. The molecule has 0 radical (unpaired) electrons. The first-order chi connectivity index (χ1) is 12.2. The van der Waals surface area contributed by atoms with Crippen LogP contribution in [0.2, 0.25) is 0 Å². The summed E-state index contributed by atoms with van der Waals surface area (Å²) in [5.41, 5.74) is 2.45. The minimum absolute atomic E-state index is 0.196. The molecule has 0 aliphatic heterocycles. The van der Waals surface area contributed by atoms with Gasteiger partial charge in [-0.05, 0) is 38.0 Å². The number of hydrogen-bond donors (Lipinski definition) is 1. The van der Waals surface area contributed by atoms with E-state index in [1.54, 1.807) is 10.6 Å². The van der Waals surface area contributed by atoms with Crippen molar-refractivity contribution in [3.63, 3.8) is 0 Å². The number of hydrogen-bond acceptors (Lipinski definition) is 5. The zero-order valence-corrected chi connectivity index (χ0v) is 14.8. The maximum Gasteiger partial charge on any atom is 0.254 e. The number of fused-ring (bicyclic) bond motifs is 1. The monoisotopic (exact) mass is 342 g/mol. The molecule has 0 amide bonds. The molecule has 7 heteroatoms. The molecule has 132 valence electrons. The summed E-state index contributed by atoms with van der Waals surface area (Å²) in [4.78, 5) is 10.6. The Hall–Kier alpha value is -2.70. The molecule has 0 spiro atoms. The highest BCUT2D eigenvalue weighted by Gasteiger charge is 2.10. The summed E-state index contributed by atoms with van der Waals surface area (Å²) in [7, 11) is 0. The van der Waals surface area contributed by atoms with Crippen molar-refractivity contribution in [3.8, 4) is 0 Å². The molecule has 0 aliphatic rings. The van der Waals surface area contributed by atoms with Crippen molar-refractivity contribution in [3.05, 3.63) is 47.7 Å². The highest BCUT2D eigenvalue weighted by atomic mass is 19.1. The van der Waals surface area contributed by atoms with Gasteiger partial charge in [0.25, 0.3) is 5.78 Å². The highest BCUT2D eigenvalue weighted by molar-refractivity contribution is 5.50. The van der Waals surface area contributed by atoms with Crippen LogP contribution in [0.15, 0.2) is 30.6 Å². The summed E-state index contributed by atoms with van der Waals surface area (Å²) in [6.45, 7) is 8.16. The van der Waals surface area contributed by atoms with Crippen LogP contribution in [-0.4, -0.2) is 32.7 Å². The zero-order valence-electron chi connectivity index (χ0n) is 14.8. The smallest absolute Gasteiger partial charge is 0.254 e. The number of aromatic nitrogens is 4. The van der Waals surface area contributed by atoms with E-state index in [1.165, 1.54) is 6.33 Å². The molecule has 0 aliphatic carbocycles. The van der Waals surface area contributed by atoms with E-state index in [-0.39, 0.29) is 5.82 Å². The van der Waals surface area contributed by atoms with E-state index in [0.29, 0.717) is 18.0 Å². The van der Waals surface area contributed by atoms with Gasteiger partial charge >= 0.3 is 0 Å². The molecule has 0 bridgehead atoms. The topological polar surface area (TPSA) is 58.4 Å². The number of benzene rings is 1. The number of anilines is 2. The van der Waals surface area contributed by atoms with E-state index in [4.69, 9.17) is 0 Å². The summed E-state index contributed by atoms with van der Waals surface area (Å²) >= 11 is 0. The van der Waals surface area contributed by atoms with Crippen LogP contribution in [0.4, 0.5) is 15.9 Å². The molecule has 1 N–H and O–H groups in total. The molecule has 3 rings (SSSR count).